The topological polar surface area (TPSA) is 132 Å². The quantitative estimate of drug-likeness (QED) is 0.0439. The van der Waals surface area contributed by atoms with Crippen LogP contribution in [0.2, 0.25) is 0 Å². The van der Waals surface area contributed by atoms with E-state index < -0.39 is 27.2 Å². The highest BCUT2D eigenvalue weighted by molar-refractivity contribution is 7.86. The van der Waals surface area contributed by atoms with Gasteiger partial charge in [-0.2, -0.15) is 8.42 Å². The summed E-state index contributed by atoms with van der Waals surface area (Å²) in [6, 6.07) is 7.89. The minimum atomic E-state index is -4.62. The molecule has 0 aromatic heterocycles. The lowest BCUT2D eigenvalue weighted by Crippen LogP contribution is -2.24. The summed E-state index contributed by atoms with van der Waals surface area (Å²) in [4.78, 5) is -0.397. The molecule has 0 amide bonds. The smallest absolute Gasteiger partial charge is 0.298 e. The monoisotopic (exact) mass is 893 g/mol. The van der Waals surface area contributed by atoms with Crippen LogP contribution in [0.4, 0.5) is 0 Å². The molecule has 360 valence electrons. The van der Waals surface area contributed by atoms with Crippen LogP contribution in [0.15, 0.2) is 35.2 Å². The number of rotatable bonds is 45. The van der Waals surface area contributed by atoms with Crippen molar-refractivity contribution in [1.82, 2.24) is 0 Å². The molecule has 2 unspecified atom stereocenters. The fraction of sp³-hybridized carbons (Fsp3) is 0.808. The number of ether oxygens (including phenoxy) is 4. The third kappa shape index (κ3) is 28.8. The Bertz CT molecular complexity index is 1430. The minimum Gasteiger partial charge on any atom is -0.490 e. The molecular weight excluding hydrogens is 801 g/mol. The number of benzene rings is 2. The molecule has 2 atom stereocenters. The van der Waals surface area contributed by atoms with Gasteiger partial charge in [0, 0.05) is 24.0 Å². The third-order valence-corrected chi connectivity index (χ3v) is 12.8. The molecule has 0 spiro atoms. The number of fused-ring (bicyclic) bond motifs is 1. The van der Waals surface area contributed by atoms with Crippen molar-refractivity contribution < 1.29 is 42.1 Å². The second-order valence-corrected chi connectivity index (χ2v) is 19.3. The lowest BCUT2D eigenvalue weighted by molar-refractivity contribution is 0.0106. The summed E-state index contributed by atoms with van der Waals surface area (Å²) >= 11 is 0. The van der Waals surface area contributed by atoms with Crippen LogP contribution in [0.3, 0.4) is 0 Å². The first-order valence-corrected chi connectivity index (χ1v) is 27.0. The average Bonchev–Trinajstić information content (AvgIpc) is 3.26. The van der Waals surface area contributed by atoms with Crippen molar-refractivity contribution in [2.45, 2.75) is 236 Å². The minimum absolute atomic E-state index is 0.0102. The van der Waals surface area contributed by atoms with Gasteiger partial charge in [0.1, 0.15) is 41.8 Å². The Balaban J connectivity index is 1.58. The van der Waals surface area contributed by atoms with Crippen LogP contribution in [0, 0.1) is 0 Å². The number of hydrogen-bond acceptors (Lipinski definition) is 8. The van der Waals surface area contributed by atoms with Crippen molar-refractivity contribution >= 4 is 20.9 Å². The van der Waals surface area contributed by atoms with E-state index in [0.717, 1.165) is 25.7 Å². The van der Waals surface area contributed by atoms with Gasteiger partial charge in [0.15, 0.2) is 0 Å². The summed E-state index contributed by atoms with van der Waals surface area (Å²) in [6.07, 6.45) is 40.1. The number of unbranched alkanes of at least 4 members (excludes halogenated alkanes) is 30. The normalized spacial score (nSPS) is 12.9. The molecule has 0 aliphatic heterocycles. The summed E-state index contributed by atoms with van der Waals surface area (Å²) in [5.74, 6) is 0.351. The first-order valence-electron chi connectivity index (χ1n) is 25.6. The van der Waals surface area contributed by atoms with Crippen LogP contribution >= 0.6 is 0 Å². The van der Waals surface area contributed by atoms with E-state index >= 15 is 0 Å². The van der Waals surface area contributed by atoms with Gasteiger partial charge < -0.3 is 29.2 Å². The fourth-order valence-corrected chi connectivity index (χ4v) is 8.81. The van der Waals surface area contributed by atoms with E-state index in [-0.39, 0.29) is 32.2 Å². The highest BCUT2D eigenvalue weighted by Crippen LogP contribution is 2.37. The molecular formula is C52H92O9S. The third-order valence-electron chi connectivity index (χ3n) is 12.0. The molecule has 2 aromatic rings. The molecule has 62 heavy (non-hydrogen) atoms. The molecule has 0 saturated heterocycles. The standard InChI is InChI=1S/C52H92O9S/c1-3-5-7-9-11-13-15-17-19-21-23-25-27-29-31-33-40-58-42-46(53)44-60-50-37-35-36-49-48(50)38-39-51(62(55,56)57)52(49)61-45-47(54)43-59-41-34-32-30-28-26-24-22-20-18-16-14-12-10-8-6-4-2/h35-39,46-47,53-54H,3-34,40-45H2,1-2H3,(H,55,56,57). The summed E-state index contributed by atoms with van der Waals surface area (Å²) < 4.78 is 57.8. The van der Waals surface area contributed by atoms with Gasteiger partial charge in [-0.3, -0.25) is 4.55 Å². The molecule has 0 saturated carbocycles. The summed E-state index contributed by atoms with van der Waals surface area (Å²) in [5.41, 5.74) is 0. The van der Waals surface area contributed by atoms with Crippen LogP contribution in [0.25, 0.3) is 10.8 Å². The van der Waals surface area contributed by atoms with E-state index in [4.69, 9.17) is 18.9 Å². The predicted octanol–water partition coefficient (Wildman–Crippen LogP) is 14.1. The SMILES string of the molecule is CCCCCCCCCCCCCCCCCCOCC(O)COc1cccc2c(OCC(O)COCCCCCCCCCCCCCCCCCC)c(S(=O)(=O)O)ccc12. The molecule has 0 radical (unpaired) electrons. The first-order chi connectivity index (χ1) is 30.3. The second kappa shape index (κ2) is 38.3. The molecule has 2 aromatic carbocycles. The molecule has 0 aliphatic carbocycles. The van der Waals surface area contributed by atoms with Crippen LogP contribution in [-0.4, -0.2) is 75.0 Å². The largest absolute Gasteiger partial charge is 0.490 e. The summed E-state index contributed by atoms with van der Waals surface area (Å²) in [5, 5.41) is 22.1. The van der Waals surface area contributed by atoms with Gasteiger partial charge in [-0.25, -0.2) is 0 Å². The maximum absolute atomic E-state index is 12.3. The Morgan fingerprint density at radius 2 is 0.790 bits per heavy atom. The fourth-order valence-electron chi connectivity index (χ4n) is 8.16. The Hall–Kier alpha value is -1.95. The second-order valence-electron chi connectivity index (χ2n) is 17.9. The zero-order chi connectivity index (χ0) is 44.8. The van der Waals surface area contributed by atoms with Gasteiger partial charge in [0.05, 0.1) is 13.2 Å². The van der Waals surface area contributed by atoms with E-state index in [1.165, 1.54) is 186 Å². The zero-order valence-corrected chi connectivity index (χ0v) is 40.4. The molecule has 0 heterocycles. The van der Waals surface area contributed by atoms with Crippen LogP contribution in [-0.2, 0) is 19.6 Å². The van der Waals surface area contributed by atoms with Crippen molar-refractivity contribution in [2.24, 2.45) is 0 Å². The highest BCUT2D eigenvalue weighted by atomic mass is 32.2. The van der Waals surface area contributed by atoms with E-state index in [1.54, 1.807) is 24.3 Å². The maximum atomic E-state index is 12.3. The average molecular weight is 893 g/mol. The maximum Gasteiger partial charge on any atom is 0.298 e. The molecule has 3 N–H and O–H groups in total. The number of aliphatic hydroxyl groups is 2. The molecule has 2 rings (SSSR count). The van der Waals surface area contributed by atoms with Gasteiger partial charge in [0.25, 0.3) is 10.1 Å². The Morgan fingerprint density at radius 3 is 1.16 bits per heavy atom. The van der Waals surface area contributed by atoms with E-state index in [9.17, 15) is 23.2 Å². The molecule has 0 fully saturated rings. The molecule has 0 aliphatic rings. The van der Waals surface area contributed by atoms with Gasteiger partial charge in [0.2, 0.25) is 0 Å². The van der Waals surface area contributed by atoms with Crippen molar-refractivity contribution in [2.75, 3.05) is 39.6 Å². The van der Waals surface area contributed by atoms with Crippen LogP contribution in [0.1, 0.15) is 219 Å². The van der Waals surface area contributed by atoms with E-state index in [0.29, 0.717) is 29.7 Å². The lowest BCUT2D eigenvalue weighted by atomic mass is 10.0. The highest BCUT2D eigenvalue weighted by Gasteiger charge is 2.22. The van der Waals surface area contributed by atoms with E-state index in [2.05, 4.69) is 13.8 Å². The van der Waals surface area contributed by atoms with Gasteiger partial charge in [-0.1, -0.05) is 219 Å². The molecule has 0 bridgehead atoms. The first kappa shape index (κ1) is 56.2. The van der Waals surface area contributed by atoms with Crippen molar-refractivity contribution in [3.8, 4) is 11.5 Å². The Kier molecular flexibility index (Phi) is 34.7. The van der Waals surface area contributed by atoms with E-state index in [1.807, 2.05) is 0 Å². The van der Waals surface area contributed by atoms with Crippen molar-refractivity contribution in [1.29, 1.82) is 0 Å². The predicted molar refractivity (Wildman–Crippen MR) is 257 cm³/mol. The molecule has 9 nitrogen and oxygen atoms in total. The van der Waals surface area contributed by atoms with Crippen LogP contribution < -0.4 is 9.47 Å². The van der Waals surface area contributed by atoms with Crippen LogP contribution in [0.5, 0.6) is 11.5 Å². The van der Waals surface area contributed by atoms with Gasteiger partial charge >= 0.3 is 0 Å². The zero-order valence-electron chi connectivity index (χ0n) is 39.6. The summed E-state index contributed by atoms with van der Waals surface area (Å²) in [7, 11) is -4.62. The van der Waals surface area contributed by atoms with Gasteiger partial charge in [-0.05, 0) is 31.0 Å². The van der Waals surface area contributed by atoms with Crippen molar-refractivity contribution in [3.05, 3.63) is 30.3 Å². The lowest BCUT2D eigenvalue weighted by Gasteiger charge is -2.18. The Labute approximate surface area is 379 Å². The number of aliphatic hydroxyl groups excluding tert-OH is 2. The number of hydrogen-bond donors (Lipinski definition) is 3. The van der Waals surface area contributed by atoms with Crippen molar-refractivity contribution in [3.63, 3.8) is 0 Å². The Morgan fingerprint density at radius 1 is 0.435 bits per heavy atom. The van der Waals surface area contributed by atoms with Gasteiger partial charge in [-0.15, -0.1) is 0 Å². The molecule has 10 heteroatoms. The summed E-state index contributed by atoms with van der Waals surface area (Å²) in [6.45, 7) is 5.66.